The van der Waals surface area contributed by atoms with Crippen LogP contribution < -0.4 is 11.1 Å². The van der Waals surface area contributed by atoms with E-state index in [9.17, 15) is 9.00 Å². The average molecular weight is 310 g/mol. The predicted molar refractivity (Wildman–Crippen MR) is 85.7 cm³/mol. The summed E-state index contributed by atoms with van der Waals surface area (Å²) in [7, 11) is -1.02. The molecule has 3 atom stereocenters. The molecule has 0 aromatic heterocycles. The topological polar surface area (TPSA) is 81.4 Å². The van der Waals surface area contributed by atoms with Crippen molar-refractivity contribution in [2.75, 3.05) is 23.4 Å². The maximum atomic E-state index is 12.2. The summed E-state index contributed by atoms with van der Waals surface area (Å²) in [6.45, 7) is 4.49. The Labute approximate surface area is 127 Å². The third kappa shape index (κ3) is 4.28. The largest absolute Gasteiger partial charge is 0.399 e. The lowest BCUT2D eigenvalue weighted by molar-refractivity contribution is -0.115. The number of nitrogens with one attached hydrogen (secondary N) is 1. The van der Waals surface area contributed by atoms with Gasteiger partial charge in [-0.2, -0.15) is 0 Å². The maximum Gasteiger partial charge on any atom is 0.225 e. The Bertz CT molecular complexity index is 548. The summed E-state index contributed by atoms with van der Waals surface area (Å²) in [5, 5.41) is 2.89. The lowest BCUT2D eigenvalue weighted by atomic mass is 10.2. The zero-order valence-corrected chi connectivity index (χ0v) is 13.2. The molecule has 0 spiro atoms. The van der Waals surface area contributed by atoms with Gasteiger partial charge in [0, 0.05) is 41.0 Å². The van der Waals surface area contributed by atoms with E-state index in [1.807, 2.05) is 19.9 Å². The van der Waals surface area contributed by atoms with Gasteiger partial charge in [0.1, 0.15) is 0 Å². The van der Waals surface area contributed by atoms with Crippen LogP contribution in [0.1, 0.15) is 25.3 Å². The van der Waals surface area contributed by atoms with Gasteiger partial charge in [-0.25, -0.2) is 0 Å². The molecule has 3 N–H and O–H groups in total. The first kappa shape index (κ1) is 16.0. The standard InChI is InChI=1S/C15H22N2O3S/c1-10-9-12(16)3-4-13(10)17-15(18)6-8-21(19)14-5-7-20-11(14)2/h3-4,9,11,14H,5-8,16H2,1-2H3,(H,17,18). The molecule has 5 nitrogen and oxygen atoms in total. The van der Waals surface area contributed by atoms with Crippen LogP contribution in [0.2, 0.25) is 0 Å². The van der Waals surface area contributed by atoms with Crippen molar-refractivity contribution in [3.63, 3.8) is 0 Å². The SMILES string of the molecule is Cc1cc(N)ccc1NC(=O)CCS(=O)C1CCOC1C. The van der Waals surface area contributed by atoms with Crippen molar-refractivity contribution in [3.8, 4) is 0 Å². The van der Waals surface area contributed by atoms with Crippen LogP contribution in [0.25, 0.3) is 0 Å². The number of aryl methyl sites for hydroxylation is 1. The molecule has 21 heavy (non-hydrogen) atoms. The van der Waals surface area contributed by atoms with E-state index in [0.717, 1.165) is 17.7 Å². The van der Waals surface area contributed by atoms with E-state index in [1.54, 1.807) is 12.1 Å². The summed E-state index contributed by atoms with van der Waals surface area (Å²) >= 11 is 0. The lowest BCUT2D eigenvalue weighted by Gasteiger charge is -2.14. The highest BCUT2D eigenvalue weighted by Gasteiger charge is 2.29. The number of nitrogen functional groups attached to an aromatic ring is 1. The first-order chi connectivity index (χ1) is 9.97. The van der Waals surface area contributed by atoms with Crippen molar-refractivity contribution in [1.29, 1.82) is 0 Å². The minimum Gasteiger partial charge on any atom is -0.399 e. The molecule has 1 aromatic carbocycles. The van der Waals surface area contributed by atoms with Crippen LogP contribution in [0, 0.1) is 6.92 Å². The Kier molecular flexibility index (Phi) is 5.36. The minimum absolute atomic E-state index is 0.0215. The Morgan fingerprint density at radius 3 is 2.90 bits per heavy atom. The predicted octanol–water partition coefficient (Wildman–Crippen LogP) is 1.83. The summed E-state index contributed by atoms with van der Waals surface area (Å²) < 4.78 is 17.6. The number of carbonyl (C=O) groups excluding carboxylic acids is 1. The third-order valence-electron chi connectivity index (χ3n) is 3.70. The van der Waals surface area contributed by atoms with Crippen molar-refractivity contribution in [3.05, 3.63) is 23.8 Å². The summed E-state index contributed by atoms with van der Waals surface area (Å²) in [5.41, 5.74) is 8.01. The van der Waals surface area contributed by atoms with Crippen molar-refractivity contribution in [2.24, 2.45) is 0 Å². The molecule has 1 aliphatic rings. The fourth-order valence-electron chi connectivity index (χ4n) is 2.44. The molecule has 1 fully saturated rings. The van der Waals surface area contributed by atoms with Gasteiger partial charge in [0.25, 0.3) is 0 Å². The van der Waals surface area contributed by atoms with Gasteiger partial charge in [-0.1, -0.05) is 0 Å². The zero-order chi connectivity index (χ0) is 15.4. The normalized spacial score (nSPS) is 23.0. The highest BCUT2D eigenvalue weighted by Crippen LogP contribution is 2.20. The summed E-state index contributed by atoms with van der Waals surface area (Å²) in [4.78, 5) is 11.9. The molecule has 1 saturated heterocycles. The van der Waals surface area contributed by atoms with E-state index < -0.39 is 10.8 Å². The highest BCUT2D eigenvalue weighted by molar-refractivity contribution is 7.85. The second kappa shape index (κ2) is 7.04. The first-order valence-corrected chi connectivity index (χ1v) is 8.50. The third-order valence-corrected chi connectivity index (χ3v) is 5.60. The van der Waals surface area contributed by atoms with Crippen molar-refractivity contribution in [2.45, 2.75) is 38.0 Å². The number of nitrogens with two attached hydrogens (primary N) is 1. The first-order valence-electron chi connectivity index (χ1n) is 7.12. The number of hydrogen-bond donors (Lipinski definition) is 2. The van der Waals surface area contributed by atoms with Gasteiger partial charge >= 0.3 is 0 Å². The summed E-state index contributed by atoms with van der Waals surface area (Å²) in [5.74, 6) is 0.251. The molecule has 2 rings (SSSR count). The second-order valence-corrected chi connectivity index (χ2v) is 7.14. The molecule has 0 saturated carbocycles. The molecule has 0 bridgehead atoms. The maximum absolute atomic E-state index is 12.2. The Morgan fingerprint density at radius 1 is 1.52 bits per heavy atom. The molecule has 116 valence electrons. The number of amides is 1. The van der Waals surface area contributed by atoms with Crippen LogP contribution >= 0.6 is 0 Å². The van der Waals surface area contributed by atoms with Crippen molar-refractivity contribution < 1.29 is 13.7 Å². The molecule has 1 heterocycles. The number of benzene rings is 1. The van der Waals surface area contributed by atoms with E-state index in [1.165, 1.54) is 0 Å². The van der Waals surface area contributed by atoms with E-state index in [0.29, 0.717) is 18.0 Å². The average Bonchev–Trinajstić information content (AvgIpc) is 2.85. The van der Waals surface area contributed by atoms with Gasteiger partial charge < -0.3 is 15.8 Å². The van der Waals surface area contributed by atoms with E-state index in [4.69, 9.17) is 10.5 Å². The smallest absolute Gasteiger partial charge is 0.225 e. The fourth-order valence-corrected chi connectivity index (χ4v) is 4.00. The molecular formula is C15H22N2O3S. The van der Waals surface area contributed by atoms with Gasteiger partial charge in [-0.15, -0.1) is 0 Å². The summed E-state index contributed by atoms with van der Waals surface area (Å²) in [6, 6.07) is 5.34. The molecule has 6 heteroatoms. The molecule has 0 radical (unpaired) electrons. The monoisotopic (exact) mass is 310 g/mol. The van der Waals surface area contributed by atoms with E-state index in [-0.39, 0.29) is 23.7 Å². The minimum atomic E-state index is -1.02. The second-order valence-electron chi connectivity index (χ2n) is 5.36. The van der Waals surface area contributed by atoms with Gasteiger partial charge in [-0.05, 0) is 44.0 Å². The molecule has 1 aromatic rings. The Morgan fingerprint density at radius 2 is 2.29 bits per heavy atom. The van der Waals surface area contributed by atoms with Gasteiger partial charge in [-0.3, -0.25) is 9.00 Å². The lowest BCUT2D eigenvalue weighted by Crippen LogP contribution is -2.26. The number of anilines is 2. The molecule has 0 aliphatic carbocycles. The number of hydrogen-bond acceptors (Lipinski definition) is 4. The number of ether oxygens (including phenoxy) is 1. The van der Waals surface area contributed by atoms with Gasteiger partial charge in [0.15, 0.2) is 0 Å². The Balaban J connectivity index is 1.83. The highest BCUT2D eigenvalue weighted by atomic mass is 32.2. The van der Waals surface area contributed by atoms with Crippen LogP contribution in [0.5, 0.6) is 0 Å². The van der Waals surface area contributed by atoms with Gasteiger partial charge in [0.2, 0.25) is 5.91 Å². The fraction of sp³-hybridized carbons (Fsp3) is 0.533. The van der Waals surface area contributed by atoms with E-state index in [2.05, 4.69) is 5.32 Å². The van der Waals surface area contributed by atoms with Crippen LogP contribution in [0.3, 0.4) is 0 Å². The molecular weight excluding hydrogens is 288 g/mol. The van der Waals surface area contributed by atoms with Crippen molar-refractivity contribution in [1.82, 2.24) is 0 Å². The van der Waals surface area contributed by atoms with E-state index >= 15 is 0 Å². The molecule has 1 amide bonds. The Hall–Kier alpha value is -1.40. The van der Waals surface area contributed by atoms with Gasteiger partial charge in [0.05, 0.1) is 11.4 Å². The van der Waals surface area contributed by atoms with Crippen molar-refractivity contribution >= 4 is 28.1 Å². The van der Waals surface area contributed by atoms with Crippen LogP contribution in [0.15, 0.2) is 18.2 Å². The molecule has 3 unspecified atom stereocenters. The quantitative estimate of drug-likeness (QED) is 0.813. The van der Waals surface area contributed by atoms with Crippen LogP contribution in [-0.2, 0) is 20.3 Å². The van der Waals surface area contributed by atoms with Crippen LogP contribution in [-0.4, -0.2) is 33.8 Å². The number of carbonyl (C=O) groups is 1. The molecule has 1 aliphatic heterocycles. The zero-order valence-electron chi connectivity index (χ0n) is 12.4. The summed E-state index contributed by atoms with van der Waals surface area (Å²) in [6.07, 6.45) is 1.08. The van der Waals surface area contributed by atoms with Crippen LogP contribution in [0.4, 0.5) is 11.4 Å². The number of rotatable bonds is 5.